The number of rotatable bonds is 8. The van der Waals surface area contributed by atoms with Crippen LogP contribution < -0.4 is 5.32 Å². The second-order valence-corrected chi connectivity index (χ2v) is 14.2. The Bertz CT molecular complexity index is 1510. The third-order valence-corrected chi connectivity index (χ3v) is 11.3. The van der Waals surface area contributed by atoms with Gasteiger partial charge >= 0.3 is 0 Å². The van der Waals surface area contributed by atoms with Gasteiger partial charge in [0.2, 0.25) is 5.91 Å². The molecule has 0 bridgehead atoms. The molecule has 1 amide bonds. The van der Waals surface area contributed by atoms with Gasteiger partial charge in [-0.2, -0.15) is 0 Å². The number of benzene rings is 3. The first-order valence-corrected chi connectivity index (χ1v) is 17.5. The Morgan fingerprint density at radius 3 is 2.38 bits per heavy atom. The molecule has 5 nitrogen and oxygen atoms in total. The Kier molecular flexibility index (Phi) is 10.2. The fourth-order valence-electron chi connectivity index (χ4n) is 8.25. The van der Waals surface area contributed by atoms with Crippen molar-refractivity contribution in [3.8, 4) is 0 Å². The minimum absolute atomic E-state index is 0.0259. The first-order valence-electron chi connectivity index (χ1n) is 16.4. The van der Waals surface area contributed by atoms with Gasteiger partial charge < -0.3 is 10.2 Å². The average molecular weight is 667 g/mol. The summed E-state index contributed by atoms with van der Waals surface area (Å²) in [5, 5.41) is 5.27. The molecule has 0 saturated carbocycles. The van der Waals surface area contributed by atoms with E-state index in [1.807, 2.05) is 59.5 Å². The first-order chi connectivity index (χ1) is 21.8. The highest BCUT2D eigenvalue weighted by atomic mass is 35.5. The number of piperidine rings is 2. The normalized spacial score (nSPS) is 27.4. The lowest BCUT2D eigenvalue weighted by atomic mass is 9.58. The number of nitrogens with one attached hydrogen (secondary N) is 1. The summed E-state index contributed by atoms with van der Waals surface area (Å²) in [4.78, 5) is 34.6. The van der Waals surface area contributed by atoms with Crippen molar-refractivity contribution < 1.29 is 9.59 Å². The van der Waals surface area contributed by atoms with Crippen LogP contribution in [0.1, 0.15) is 68.1 Å². The van der Waals surface area contributed by atoms with Crippen LogP contribution in [-0.2, 0) is 21.4 Å². The number of nitrogens with zero attached hydrogens (tertiary/aromatic N) is 2. The molecule has 5 atom stereocenters. The van der Waals surface area contributed by atoms with Gasteiger partial charge in [-0.3, -0.25) is 14.5 Å². The van der Waals surface area contributed by atoms with Crippen LogP contribution in [0.3, 0.4) is 0 Å². The number of Topliss-reactive ketones (excluding diaryl/α,β-unsaturated/α-hetero) is 1. The molecule has 238 valence electrons. The zero-order chi connectivity index (χ0) is 31.6. The Morgan fingerprint density at radius 2 is 1.67 bits per heavy atom. The molecule has 3 aromatic rings. The van der Waals surface area contributed by atoms with Crippen molar-refractivity contribution in [2.75, 3.05) is 26.2 Å². The second-order valence-electron chi connectivity index (χ2n) is 12.9. The lowest BCUT2D eigenvalue weighted by Gasteiger charge is -2.56. The molecule has 0 aliphatic carbocycles. The van der Waals surface area contributed by atoms with Gasteiger partial charge in [-0.25, -0.2) is 0 Å². The molecular formula is C37H42Cl3N3O2. The summed E-state index contributed by atoms with van der Waals surface area (Å²) in [5.41, 5.74) is 1.70. The van der Waals surface area contributed by atoms with E-state index in [2.05, 4.69) is 29.3 Å². The predicted molar refractivity (Wildman–Crippen MR) is 183 cm³/mol. The van der Waals surface area contributed by atoms with Gasteiger partial charge in [0.25, 0.3) is 0 Å². The van der Waals surface area contributed by atoms with Crippen molar-refractivity contribution in [1.82, 2.24) is 15.1 Å². The zero-order valence-corrected chi connectivity index (χ0v) is 28.1. The van der Waals surface area contributed by atoms with Gasteiger partial charge in [0.1, 0.15) is 0 Å². The molecule has 1 N–H and O–H groups in total. The number of halogens is 3. The van der Waals surface area contributed by atoms with E-state index in [0.29, 0.717) is 34.0 Å². The summed E-state index contributed by atoms with van der Waals surface area (Å²) in [7, 11) is 0. The van der Waals surface area contributed by atoms with Crippen molar-refractivity contribution in [3.05, 3.63) is 105 Å². The smallest absolute Gasteiger partial charge is 0.233 e. The van der Waals surface area contributed by atoms with Crippen molar-refractivity contribution in [2.45, 2.75) is 75.4 Å². The topological polar surface area (TPSA) is 52.7 Å². The van der Waals surface area contributed by atoms with Gasteiger partial charge in [0.05, 0.1) is 27.7 Å². The summed E-state index contributed by atoms with van der Waals surface area (Å²) in [5.74, 6) is 0.0773. The number of carbonyl (C=O) groups is 2. The van der Waals surface area contributed by atoms with E-state index in [9.17, 15) is 0 Å². The van der Waals surface area contributed by atoms with E-state index in [0.717, 1.165) is 68.4 Å². The third-order valence-electron chi connectivity index (χ3n) is 10.4. The highest BCUT2D eigenvalue weighted by Crippen LogP contribution is 2.52. The number of carbonyl (C=O) groups excluding carboxylic acids is 2. The average Bonchev–Trinajstić information content (AvgIpc) is 3.61. The molecule has 5 unspecified atom stereocenters. The Hall–Kier alpha value is -2.41. The molecule has 3 aromatic carbocycles. The van der Waals surface area contributed by atoms with Crippen molar-refractivity contribution in [2.24, 2.45) is 5.92 Å². The van der Waals surface area contributed by atoms with E-state index in [1.165, 1.54) is 0 Å². The van der Waals surface area contributed by atoms with Crippen LogP contribution in [0.2, 0.25) is 15.1 Å². The van der Waals surface area contributed by atoms with Crippen molar-refractivity contribution in [1.29, 1.82) is 0 Å². The lowest BCUT2D eigenvalue weighted by molar-refractivity contribution is -0.145. The molecule has 3 saturated heterocycles. The zero-order valence-electron chi connectivity index (χ0n) is 25.9. The Balaban J connectivity index is 1.58. The highest BCUT2D eigenvalue weighted by molar-refractivity contribution is 6.42. The van der Waals surface area contributed by atoms with Crippen LogP contribution in [0.15, 0.2) is 72.8 Å². The Morgan fingerprint density at radius 1 is 0.889 bits per heavy atom. The predicted octanol–water partition coefficient (Wildman–Crippen LogP) is 7.91. The minimum atomic E-state index is -0.968. The van der Waals surface area contributed by atoms with Crippen molar-refractivity contribution in [3.63, 3.8) is 0 Å². The van der Waals surface area contributed by atoms with E-state index >= 15 is 9.59 Å². The fourth-order valence-corrected chi connectivity index (χ4v) is 8.77. The number of hydrogen-bond acceptors (Lipinski definition) is 4. The molecule has 0 aromatic heterocycles. The van der Waals surface area contributed by atoms with Crippen molar-refractivity contribution >= 4 is 46.5 Å². The number of hydrogen-bond donors (Lipinski definition) is 1. The van der Waals surface area contributed by atoms with Crippen LogP contribution in [0.5, 0.6) is 0 Å². The number of likely N-dealkylation sites (tertiary alicyclic amines) is 2. The van der Waals surface area contributed by atoms with Crippen LogP contribution in [-0.4, -0.2) is 59.9 Å². The van der Waals surface area contributed by atoms with E-state index in [4.69, 9.17) is 34.8 Å². The van der Waals surface area contributed by atoms with Crippen LogP contribution in [0.4, 0.5) is 0 Å². The standard InChI is InChI=1S/C37H42Cl3N3O2/c1-2-26-11-9-18-41-35(26)43-21-17-37(28-12-4-3-5-13-28,36(45)42-19-6-7-20-42)33(27-15-16-30(39)31(40)24-27)34(43)32(44)23-25-10-8-14-29(38)22-25/h3-5,8,10,12-16,22,24,26,33-35,41H,2,6-7,9,11,17-21,23H2,1H3. The monoisotopic (exact) mass is 665 g/mol. The summed E-state index contributed by atoms with van der Waals surface area (Å²) >= 11 is 19.6. The largest absolute Gasteiger partial charge is 0.342 e. The van der Waals surface area contributed by atoms with Crippen LogP contribution in [0, 0.1) is 5.92 Å². The van der Waals surface area contributed by atoms with Gasteiger partial charge in [-0.1, -0.05) is 96.7 Å². The van der Waals surface area contributed by atoms with E-state index in [-0.39, 0.29) is 24.3 Å². The lowest BCUT2D eigenvalue weighted by Crippen LogP contribution is -2.68. The number of amides is 1. The molecule has 3 heterocycles. The third kappa shape index (κ3) is 6.44. The Labute approximate surface area is 282 Å². The fraction of sp³-hybridized carbons (Fsp3) is 0.459. The summed E-state index contributed by atoms with van der Waals surface area (Å²) in [6, 6.07) is 22.8. The second kappa shape index (κ2) is 14.1. The molecular weight excluding hydrogens is 625 g/mol. The first kappa shape index (κ1) is 32.5. The van der Waals surface area contributed by atoms with Crippen LogP contribution in [0.25, 0.3) is 0 Å². The molecule has 3 fully saturated rings. The molecule has 3 aliphatic rings. The summed E-state index contributed by atoms with van der Waals surface area (Å²) < 4.78 is 0. The molecule has 6 rings (SSSR count). The van der Waals surface area contributed by atoms with Gasteiger partial charge in [0, 0.05) is 37.0 Å². The van der Waals surface area contributed by atoms with Gasteiger partial charge in [0.15, 0.2) is 5.78 Å². The quantitative estimate of drug-likeness (QED) is 0.266. The summed E-state index contributed by atoms with van der Waals surface area (Å²) in [6.07, 6.45) is 6.03. The highest BCUT2D eigenvalue weighted by Gasteiger charge is 2.59. The molecule has 0 spiro atoms. The molecule has 45 heavy (non-hydrogen) atoms. The minimum Gasteiger partial charge on any atom is -0.342 e. The molecule has 0 radical (unpaired) electrons. The molecule has 3 aliphatic heterocycles. The maximum Gasteiger partial charge on any atom is 0.233 e. The van der Waals surface area contributed by atoms with Gasteiger partial charge in [-0.05, 0) is 85.5 Å². The number of ketones is 1. The maximum atomic E-state index is 15.1. The summed E-state index contributed by atoms with van der Waals surface area (Å²) in [6.45, 7) is 5.22. The van der Waals surface area contributed by atoms with E-state index in [1.54, 1.807) is 6.07 Å². The molecule has 8 heteroatoms. The van der Waals surface area contributed by atoms with Crippen LogP contribution >= 0.6 is 34.8 Å². The maximum absolute atomic E-state index is 15.1. The van der Waals surface area contributed by atoms with E-state index < -0.39 is 17.4 Å². The SMILES string of the molecule is CCC1CCCNC1N1CCC(C(=O)N2CCCC2)(c2ccccc2)C(c2ccc(Cl)c(Cl)c2)C1C(=O)Cc1cccc(Cl)c1. The van der Waals surface area contributed by atoms with Gasteiger partial charge in [-0.15, -0.1) is 0 Å².